The molecule has 0 spiro atoms. The number of ether oxygens (including phenoxy) is 1. The van der Waals surface area contributed by atoms with E-state index in [0.717, 1.165) is 34.5 Å². The highest BCUT2D eigenvalue weighted by Crippen LogP contribution is 2.26. The number of aromatic nitrogens is 2. The van der Waals surface area contributed by atoms with Crippen molar-refractivity contribution in [1.82, 2.24) is 9.55 Å². The Kier molecular flexibility index (Phi) is 4.12. The number of benzene rings is 1. The molecule has 3 rings (SSSR count). The van der Waals surface area contributed by atoms with Gasteiger partial charge in [0, 0.05) is 6.54 Å². The third-order valence-corrected chi connectivity index (χ3v) is 4.39. The van der Waals surface area contributed by atoms with Gasteiger partial charge in [-0.25, -0.2) is 0 Å². The number of fused-ring (bicyclic) bond motifs is 1. The molecule has 21 heavy (non-hydrogen) atoms. The minimum atomic E-state index is 0.145. The summed E-state index contributed by atoms with van der Waals surface area (Å²) in [6, 6.07) is 8.25. The fourth-order valence-electron chi connectivity index (χ4n) is 2.40. The number of aryl methyl sites for hydroxylation is 2. The molecule has 3 nitrogen and oxygen atoms in total. The van der Waals surface area contributed by atoms with Crippen LogP contribution in [0.4, 0.5) is 0 Å². The Labute approximate surface area is 133 Å². The molecule has 1 N–H and O–H groups in total. The van der Waals surface area contributed by atoms with Gasteiger partial charge in [-0.05, 0) is 67.0 Å². The number of para-hydroxylation sites is 1. The summed E-state index contributed by atoms with van der Waals surface area (Å²) in [5.41, 5.74) is 3.45. The van der Waals surface area contributed by atoms with E-state index in [1.54, 1.807) is 11.3 Å². The Balaban J connectivity index is 1.95. The van der Waals surface area contributed by atoms with Crippen LogP contribution in [0.2, 0.25) is 0 Å². The Morgan fingerprint density at radius 1 is 1.33 bits per heavy atom. The van der Waals surface area contributed by atoms with Gasteiger partial charge in [0.15, 0.2) is 4.77 Å². The molecule has 0 fully saturated rings. The lowest BCUT2D eigenvalue weighted by Gasteiger charge is -2.10. The van der Waals surface area contributed by atoms with Crippen LogP contribution in [0, 0.1) is 4.77 Å². The summed E-state index contributed by atoms with van der Waals surface area (Å²) in [6.07, 6.45) is 1.13. The summed E-state index contributed by atoms with van der Waals surface area (Å²) < 4.78 is 8.76. The van der Waals surface area contributed by atoms with Crippen LogP contribution in [0.1, 0.15) is 19.4 Å². The van der Waals surface area contributed by atoms with Crippen molar-refractivity contribution in [3.8, 4) is 5.75 Å². The van der Waals surface area contributed by atoms with Gasteiger partial charge in [-0.1, -0.05) is 6.07 Å². The highest BCUT2D eigenvalue weighted by atomic mass is 32.1. The number of hydrogen-bond donors (Lipinski definition) is 1. The van der Waals surface area contributed by atoms with E-state index in [1.165, 1.54) is 5.56 Å². The van der Waals surface area contributed by atoms with Crippen LogP contribution in [0.5, 0.6) is 5.75 Å². The van der Waals surface area contributed by atoms with Crippen LogP contribution in [0.25, 0.3) is 11.0 Å². The van der Waals surface area contributed by atoms with Crippen LogP contribution in [-0.2, 0) is 13.0 Å². The smallest absolute Gasteiger partial charge is 0.178 e. The van der Waals surface area contributed by atoms with Gasteiger partial charge >= 0.3 is 0 Å². The number of rotatable bonds is 5. The van der Waals surface area contributed by atoms with E-state index >= 15 is 0 Å². The number of aromatic amines is 1. The SMILES string of the molecule is CC(C)Oc1cccc2c1[nH]c(=S)n2CCc1ccsc1. The molecule has 5 heteroatoms. The molecule has 0 amide bonds. The molecule has 3 aromatic rings. The maximum absolute atomic E-state index is 5.86. The van der Waals surface area contributed by atoms with Crippen LogP contribution in [-0.4, -0.2) is 15.7 Å². The van der Waals surface area contributed by atoms with Gasteiger partial charge in [-0.15, -0.1) is 0 Å². The van der Waals surface area contributed by atoms with Gasteiger partial charge in [-0.2, -0.15) is 11.3 Å². The number of H-pyrrole nitrogens is 1. The topological polar surface area (TPSA) is 29.9 Å². The second kappa shape index (κ2) is 6.03. The molecule has 0 saturated heterocycles. The van der Waals surface area contributed by atoms with Crippen LogP contribution < -0.4 is 4.74 Å². The number of hydrogen-bond acceptors (Lipinski definition) is 3. The average Bonchev–Trinajstić information content (AvgIpc) is 3.04. The van der Waals surface area contributed by atoms with E-state index in [4.69, 9.17) is 17.0 Å². The zero-order valence-corrected chi connectivity index (χ0v) is 13.8. The number of imidazole rings is 1. The van der Waals surface area contributed by atoms with E-state index < -0.39 is 0 Å². The molecular weight excluding hydrogens is 300 g/mol. The third-order valence-electron chi connectivity index (χ3n) is 3.34. The largest absolute Gasteiger partial charge is 0.489 e. The Morgan fingerprint density at radius 3 is 2.90 bits per heavy atom. The van der Waals surface area contributed by atoms with E-state index in [1.807, 2.05) is 26.0 Å². The van der Waals surface area contributed by atoms with Crippen molar-refractivity contribution in [1.29, 1.82) is 0 Å². The predicted octanol–water partition coefficient (Wildman–Crippen LogP) is 4.79. The molecule has 110 valence electrons. The lowest BCUT2D eigenvalue weighted by molar-refractivity contribution is 0.245. The number of nitrogens with one attached hydrogen (secondary N) is 1. The second-order valence-electron chi connectivity index (χ2n) is 5.28. The first kappa shape index (κ1) is 14.4. The van der Waals surface area contributed by atoms with E-state index in [0.29, 0.717) is 0 Å². The predicted molar refractivity (Wildman–Crippen MR) is 90.9 cm³/mol. The Hall–Kier alpha value is -1.59. The Morgan fingerprint density at radius 2 is 2.19 bits per heavy atom. The van der Waals surface area contributed by atoms with E-state index in [9.17, 15) is 0 Å². The van der Waals surface area contributed by atoms with Crippen molar-refractivity contribution in [3.05, 3.63) is 45.4 Å². The quantitative estimate of drug-likeness (QED) is 0.685. The molecule has 0 saturated carbocycles. The van der Waals surface area contributed by atoms with Crippen molar-refractivity contribution in [3.63, 3.8) is 0 Å². The molecule has 0 atom stereocenters. The van der Waals surface area contributed by atoms with Crippen molar-refractivity contribution in [2.45, 2.75) is 32.9 Å². The fraction of sp³-hybridized carbons (Fsp3) is 0.312. The van der Waals surface area contributed by atoms with Crippen molar-refractivity contribution < 1.29 is 4.74 Å². The summed E-state index contributed by atoms with van der Waals surface area (Å²) in [5.74, 6) is 0.864. The minimum absolute atomic E-state index is 0.145. The van der Waals surface area contributed by atoms with Crippen LogP contribution in [0.3, 0.4) is 0 Å². The highest BCUT2D eigenvalue weighted by molar-refractivity contribution is 7.71. The van der Waals surface area contributed by atoms with E-state index in [2.05, 4.69) is 32.4 Å². The summed E-state index contributed by atoms with van der Waals surface area (Å²) >= 11 is 7.21. The van der Waals surface area contributed by atoms with Gasteiger partial charge < -0.3 is 14.3 Å². The minimum Gasteiger partial charge on any atom is -0.489 e. The van der Waals surface area contributed by atoms with Crippen LogP contribution in [0.15, 0.2) is 35.0 Å². The average molecular weight is 318 g/mol. The fourth-order valence-corrected chi connectivity index (χ4v) is 3.40. The van der Waals surface area contributed by atoms with Gasteiger partial charge in [0.1, 0.15) is 11.3 Å². The maximum atomic E-state index is 5.86. The normalized spacial score (nSPS) is 11.4. The van der Waals surface area contributed by atoms with Crippen molar-refractivity contribution >= 4 is 34.6 Å². The first-order chi connectivity index (χ1) is 10.1. The molecule has 2 aromatic heterocycles. The molecule has 0 aliphatic rings. The van der Waals surface area contributed by atoms with Crippen LogP contribution >= 0.6 is 23.6 Å². The molecule has 0 unspecified atom stereocenters. The van der Waals surface area contributed by atoms with Gasteiger partial charge in [0.25, 0.3) is 0 Å². The molecule has 0 bridgehead atoms. The molecule has 0 radical (unpaired) electrons. The lowest BCUT2D eigenvalue weighted by Crippen LogP contribution is -2.06. The lowest BCUT2D eigenvalue weighted by atomic mass is 10.2. The molecule has 2 heterocycles. The number of thiophene rings is 1. The zero-order valence-electron chi connectivity index (χ0n) is 12.1. The van der Waals surface area contributed by atoms with Crippen molar-refractivity contribution in [2.24, 2.45) is 0 Å². The standard InChI is InChI=1S/C16H18N2OS2/c1-11(2)19-14-5-3-4-13-15(14)17-16(20)18(13)8-6-12-7-9-21-10-12/h3-5,7,9-11H,6,8H2,1-2H3,(H,17,20). The first-order valence-electron chi connectivity index (χ1n) is 7.04. The molecule has 0 aliphatic carbocycles. The second-order valence-corrected chi connectivity index (χ2v) is 6.45. The molecular formula is C16H18N2OS2. The van der Waals surface area contributed by atoms with Gasteiger partial charge in [0.2, 0.25) is 0 Å². The molecule has 0 aliphatic heterocycles. The number of nitrogens with zero attached hydrogens (tertiary/aromatic N) is 1. The van der Waals surface area contributed by atoms with Crippen molar-refractivity contribution in [2.75, 3.05) is 0 Å². The molecule has 1 aromatic carbocycles. The third kappa shape index (κ3) is 3.04. The van der Waals surface area contributed by atoms with E-state index in [-0.39, 0.29) is 6.10 Å². The monoisotopic (exact) mass is 318 g/mol. The summed E-state index contributed by atoms with van der Waals surface area (Å²) in [6.45, 7) is 4.93. The Bertz CT molecular complexity index is 784. The highest BCUT2D eigenvalue weighted by Gasteiger charge is 2.10. The first-order valence-corrected chi connectivity index (χ1v) is 8.39. The van der Waals surface area contributed by atoms with Gasteiger partial charge in [-0.3, -0.25) is 0 Å². The summed E-state index contributed by atoms with van der Waals surface area (Å²) in [4.78, 5) is 3.29. The zero-order chi connectivity index (χ0) is 14.8. The summed E-state index contributed by atoms with van der Waals surface area (Å²) in [5, 5.41) is 4.30. The van der Waals surface area contributed by atoms with Gasteiger partial charge in [0.05, 0.1) is 11.6 Å². The maximum Gasteiger partial charge on any atom is 0.178 e. The summed E-state index contributed by atoms with van der Waals surface area (Å²) in [7, 11) is 0.